The van der Waals surface area contributed by atoms with Crippen LogP contribution in [-0.4, -0.2) is 46.7 Å². The molecule has 0 spiro atoms. The Bertz CT molecular complexity index is 431. The summed E-state index contributed by atoms with van der Waals surface area (Å²) in [6.45, 7) is 0.962. The first-order valence-electron chi connectivity index (χ1n) is 4.21. The van der Waals surface area contributed by atoms with E-state index in [1.165, 1.54) is 22.6 Å². The number of esters is 1. The first-order valence-corrected chi connectivity index (χ1v) is 7.07. The Morgan fingerprint density at radius 3 is 2.11 bits per heavy atom. The summed E-state index contributed by atoms with van der Waals surface area (Å²) in [5.41, 5.74) is 0. The Morgan fingerprint density at radius 2 is 1.83 bits per heavy atom. The molecule has 0 heterocycles. The molecular weight excluding hydrogens is 396 g/mol. The fourth-order valence-corrected chi connectivity index (χ4v) is 1.54. The average Bonchev–Trinajstić information content (AvgIpc) is 2.11. The third-order valence-electron chi connectivity index (χ3n) is 1.55. The number of Topliss-reactive ketones (excluding diaryl/α,β-unsaturated/α-hetero) is 1. The lowest BCUT2D eigenvalue weighted by Crippen LogP contribution is -2.41. The zero-order valence-corrected chi connectivity index (χ0v) is 11.7. The molecule has 0 aliphatic rings. The summed E-state index contributed by atoms with van der Waals surface area (Å²) in [6.07, 6.45) is -8.19. The first kappa shape index (κ1) is 17.6. The van der Waals surface area contributed by atoms with E-state index in [4.69, 9.17) is 4.55 Å². The summed E-state index contributed by atoms with van der Waals surface area (Å²) in [7, 11) is -4.98. The van der Waals surface area contributed by atoms with Gasteiger partial charge in [-0.3, -0.25) is 14.1 Å². The minimum Gasteiger partial charge on any atom is -0.450 e. The van der Waals surface area contributed by atoms with Crippen LogP contribution < -0.4 is 0 Å². The van der Waals surface area contributed by atoms with Crippen LogP contribution in [0.3, 0.4) is 0 Å². The summed E-state index contributed by atoms with van der Waals surface area (Å²) in [5, 5.41) is 0. The molecule has 0 fully saturated rings. The van der Waals surface area contributed by atoms with Gasteiger partial charge in [-0.15, -0.1) is 0 Å². The van der Waals surface area contributed by atoms with Gasteiger partial charge in [0.15, 0.2) is 9.71 Å². The molecule has 1 N–H and O–H groups in total. The number of rotatable bonds is 5. The molecule has 0 aromatic heterocycles. The number of hydrogen-bond donors (Lipinski definition) is 1. The predicted molar refractivity (Wildman–Crippen MR) is 60.8 cm³/mol. The van der Waals surface area contributed by atoms with E-state index in [0.717, 1.165) is 6.92 Å². The number of carbonyl (C=O) groups is 2. The fraction of sp³-hybridized carbons (Fsp3) is 0.714. The highest BCUT2D eigenvalue weighted by atomic mass is 127. The molecule has 2 atom stereocenters. The van der Waals surface area contributed by atoms with Crippen molar-refractivity contribution in [1.82, 2.24) is 0 Å². The van der Waals surface area contributed by atoms with Gasteiger partial charge in [0.05, 0.1) is 0 Å². The van der Waals surface area contributed by atoms with Gasteiger partial charge < -0.3 is 4.74 Å². The summed E-state index contributed by atoms with van der Waals surface area (Å²) >= 11 is 1.25. The Kier molecular flexibility index (Phi) is 6.00. The molecule has 6 nitrogen and oxygen atoms in total. The lowest BCUT2D eigenvalue weighted by atomic mass is 10.3. The minimum atomic E-state index is -5.17. The van der Waals surface area contributed by atoms with Crippen LogP contribution in [0.1, 0.15) is 6.92 Å². The number of ether oxygens (including phenoxy) is 1. The molecule has 0 radical (unpaired) electrons. The third kappa shape index (κ3) is 6.49. The van der Waals surface area contributed by atoms with E-state index in [1.54, 1.807) is 0 Å². The Morgan fingerprint density at radius 1 is 1.39 bits per heavy atom. The zero-order chi connectivity index (χ0) is 14.7. The van der Waals surface area contributed by atoms with Crippen molar-refractivity contribution < 1.29 is 40.5 Å². The van der Waals surface area contributed by atoms with Crippen LogP contribution in [0.15, 0.2) is 0 Å². The summed E-state index contributed by atoms with van der Waals surface area (Å²) in [5.74, 6) is -4.08. The van der Waals surface area contributed by atoms with Gasteiger partial charge in [0, 0.05) is 0 Å². The lowest BCUT2D eigenvalue weighted by Gasteiger charge is -2.20. The molecule has 106 valence electrons. The number of alkyl halides is 4. The molecule has 0 saturated heterocycles. The van der Waals surface area contributed by atoms with Gasteiger partial charge in [-0.1, -0.05) is 22.6 Å². The summed E-state index contributed by atoms with van der Waals surface area (Å²) < 4.78 is 68.5. The summed E-state index contributed by atoms with van der Waals surface area (Å²) in [4.78, 5) is 21.8. The molecule has 0 aliphatic heterocycles. The maximum absolute atomic E-state index is 12.3. The number of ketones is 1. The van der Waals surface area contributed by atoms with Crippen molar-refractivity contribution in [3.63, 3.8) is 0 Å². The van der Waals surface area contributed by atoms with Crippen molar-refractivity contribution in [2.45, 2.75) is 23.1 Å². The van der Waals surface area contributed by atoms with Crippen LogP contribution >= 0.6 is 22.6 Å². The van der Waals surface area contributed by atoms with E-state index in [9.17, 15) is 31.2 Å². The molecule has 0 rings (SSSR count). The largest absolute Gasteiger partial charge is 0.450 e. The van der Waals surface area contributed by atoms with Gasteiger partial charge in [-0.25, -0.2) is 0 Å². The summed E-state index contributed by atoms with van der Waals surface area (Å²) in [6, 6.07) is 0. The second-order valence-corrected chi connectivity index (χ2v) is 5.93. The first-order chi connectivity index (χ1) is 7.84. The molecular formula is C7H8F3IO6S. The van der Waals surface area contributed by atoms with Gasteiger partial charge in [-0.05, 0) is 6.92 Å². The number of hydrogen-bond acceptors (Lipinski definition) is 5. The van der Waals surface area contributed by atoms with Crippen molar-refractivity contribution in [3.8, 4) is 0 Å². The fourth-order valence-electron chi connectivity index (χ4n) is 0.753. The van der Waals surface area contributed by atoms with Gasteiger partial charge in [0.2, 0.25) is 6.10 Å². The lowest BCUT2D eigenvalue weighted by molar-refractivity contribution is -0.214. The molecule has 11 heteroatoms. The van der Waals surface area contributed by atoms with Crippen molar-refractivity contribution >= 4 is 44.5 Å². The maximum Gasteiger partial charge on any atom is 0.426 e. The van der Waals surface area contributed by atoms with Crippen molar-refractivity contribution in [2.75, 3.05) is 5.75 Å². The van der Waals surface area contributed by atoms with Gasteiger partial charge in [0.25, 0.3) is 10.1 Å². The van der Waals surface area contributed by atoms with E-state index in [1.807, 2.05) is 0 Å². The molecule has 0 aromatic carbocycles. The van der Waals surface area contributed by atoms with E-state index in [2.05, 4.69) is 4.74 Å². The van der Waals surface area contributed by atoms with Crippen LogP contribution in [0.25, 0.3) is 0 Å². The van der Waals surface area contributed by atoms with Gasteiger partial charge in [-0.2, -0.15) is 21.6 Å². The van der Waals surface area contributed by atoms with E-state index < -0.39 is 43.8 Å². The van der Waals surface area contributed by atoms with E-state index in [-0.39, 0.29) is 0 Å². The molecule has 2 unspecified atom stereocenters. The Balaban J connectivity index is 4.93. The second-order valence-electron chi connectivity index (χ2n) is 3.19. The Labute approximate surface area is 114 Å². The van der Waals surface area contributed by atoms with Crippen LogP contribution in [0.2, 0.25) is 0 Å². The normalized spacial score (nSPS) is 15.9. The van der Waals surface area contributed by atoms with Gasteiger partial charge in [0.1, 0.15) is 5.75 Å². The highest BCUT2D eigenvalue weighted by Gasteiger charge is 2.46. The second kappa shape index (κ2) is 6.14. The van der Waals surface area contributed by atoms with Crippen molar-refractivity contribution in [2.24, 2.45) is 0 Å². The molecule has 0 aliphatic carbocycles. The van der Waals surface area contributed by atoms with Crippen LogP contribution in [0.4, 0.5) is 13.2 Å². The van der Waals surface area contributed by atoms with Crippen LogP contribution in [0, 0.1) is 0 Å². The molecule has 0 saturated carbocycles. The topological polar surface area (TPSA) is 97.7 Å². The quantitative estimate of drug-likeness (QED) is 0.239. The monoisotopic (exact) mass is 404 g/mol. The van der Waals surface area contributed by atoms with E-state index in [0.29, 0.717) is 0 Å². The molecule has 0 aromatic rings. The standard InChI is InChI=1S/C7H8F3IO6S/c1-3(12)5(11)6(13)17-4(7(8,9)10)2-18(14,15)16/h4-5H,2H2,1H3,(H,14,15,16). The van der Waals surface area contributed by atoms with E-state index >= 15 is 0 Å². The van der Waals surface area contributed by atoms with Crippen molar-refractivity contribution in [1.29, 1.82) is 0 Å². The molecule has 0 amide bonds. The predicted octanol–water partition coefficient (Wildman–Crippen LogP) is 0.741. The highest BCUT2D eigenvalue weighted by Crippen LogP contribution is 2.25. The van der Waals surface area contributed by atoms with Crippen LogP contribution in [-0.2, 0) is 24.4 Å². The highest BCUT2D eigenvalue weighted by molar-refractivity contribution is 14.1. The molecule has 18 heavy (non-hydrogen) atoms. The minimum absolute atomic E-state index is 0.742. The maximum atomic E-state index is 12.3. The smallest absolute Gasteiger partial charge is 0.426 e. The average molecular weight is 404 g/mol. The van der Waals surface area contributed by atoms with Gasteiger partial charge >= 0.3 is 12.1 Å². The third-order valence-corrected chi connectivity index (χ3v) is 3.66. The number of halogens is 4. The SMILES string of the molecule is CC(=O)C(I)C(=O)OC(CS(=O)(=O)O)C(F)(F)F. The van der Waals surface area contributed by atoms with Crippen molar-refractivity contribution in [3.05, 3.63) is 0 Å². The Hall–Kier alpha value is -0.430. The van der Waals surface area contributed by atoms with Crippen LogP contribution in [0.5, 0.6) is 0 Å². The number of carbonyl (C=O) groups excluding carboxylic acids is 2. The zero-order valence-electron chi connectivity index (χ0n) is 8.77. The molecule has 0 bridgehead atoms.